The van der Waals surface area contributed by atoms with E-state index >= 15 is 0 Å². The molecule has 2 rings (SSSR count). The van der Waals surface area contributed by atoms with Crippen LogP contribution in [0.2, 0.25) is 0 Å². The van der Waals surface area contributed by atoms with Crippen LogP contribution in [0.3, 0.4) is 0 Å². The van der Waals surface area contributed by atoms with Crippen molar-refractivity contribution in [3.8, 4) is 6.07 Å². The molecule has 0 saturated carbocycles. The Labute approximate surface area is 112 Å². The van der Waals surface area contributed by atoms with Crippen LogP contribution in [0.5, 0.6) is 0 Å². The Morgan fingerprint density at radius 2 is 1.89 bits per heavy atom. The number of benzene rings is 1. The molecular formula is C15H16N2O2. The number of carbonyl (C=O) groups is 2. The standard InChI is InChI=1S/C15H16N2O2/c1-15(2)7-13(18)17(14(19)8-15)10-12-5-3-4-11(6-12)9-16/h3-6H,7-8,10H2,1-2H3. The summed E-state index contributed by atoms with van der Waals surface area (Å²) in [5, 5.41) is 8.84. The van der Waals surface area contributed by atoms with Gasteiger partial charge in [-0.25, -0.2) is 0 Å². The SMILES string of the molecule is CC1(C)CC(=O)N(Cc2cccc(C#N)c2)C(=O)C1. The van der Waals surface area contributed by atoms with Crippen molar-refractivity contribution < 1.29 is 9.59 Å². The van der Waals surface area contributed by atoms with E-state index < -0.39 is 0 Å². The fourth-order valence-electron chi connectivity index (χ4n) is 2.31. The molecule has 2 amide bonds. The second-order valence-electron chi connectivity index (χ2n) is 5.70. The summed E-state index contributed by atoms with van der Waals surface area (Å²) in [5.41, 5.74) is 1.09. The number of hydrogen-bond donors (Lipinski definition) is 0. The van der Waals surface area contributed by atoms with Crippen molar-refractivity contribution in [2.45, 2.75) is 33.2 Å². The summed E-state index contributed by atoms with van der Waals surface area (Å²) in [4.78, 5) is 25.3. The molecule has 98 valence electrons. The zero-order valence-corrected chi connectivity index (χ0v) is 11.1. The van der Waals surface area contributed by atoms with Gasteiger partial charge in [-0.05, 0) is 23.1 Å². The van der Waals surface area contributed by atoms with Gasteiger partial charge in [-0.1, -0.05) is 26.0 Å². The third-order valence-electron chi connectivity index (χ3n) is 3.26. The Morgan fingerprint density at radius 3 is 2.47 bits per heavy atom. The molecule has 1 saturated heterocycles. The number of amides is 2. The van der Waals surface area contributed by atoms with E-state index in [-0.39, 0.29) is 23.8 Å². The van der Waals surface area contributed by atoms with Gasteiger partial charge in [-0.2, -0.15) is 5.26 Å². The van der Waals surface area contributed by atoms with Crippen molar-refractivity contribution in [1.82, 2.24) is 4.90 Å². The van der Waals surface area contributed by atoms with Crippen molar-refractivity contribution >= 4 is 11.8 Å². The molecule has 1 aromatic rings. The van der Waals surface area contributed by atoms with Crippen LogP contribution < -0.4 is 0 Å². The Bertz CT molecular complexity index is 550. The van der Waals surface area contributed by atoms with E-state index in [1.54, 1.807) is 18.2 Å². The number of carbonyl (C=O) groups excluding carboxylic acids is 2. The van der Waals surface area contributed by atoms with Crippen LogP contribution in [-0.4, -0.2) is 16.7 Å². The first-order valence-electron chi connectivity index (χ1n) is 6.23. The number of imide groups is 1. The van der Waals surface area contributed by atoms with E-state index in [0.29, 0.717) is 18.4 Å². The molecule has 1 aromatic carbocycles. The van der Waals surface area contributed by atoms with E-state index in [1.165, 1.54) is 4.90 Å². The molecule has 0 spiro atoms. The van der Waals surface area contributed by atoms with Crippen LogP contribution in [0.1, 0.15) is 37.8 Å². The Kier molecular flexibility index (Phi) is 3.39. The van der Waals surface area contributed by atoms with Crippen LogP contribution in [0.15, 0.2) is 24.3 Å². The molecule has 4 nitrogen and oxygen atoms in total. The second-order valence-corrected chi connectivity index (χ2v) is 5.70. The molecule has 4 heteroatoms. The number of likely N-dealkylation sites (tertiary alicyclic amines) is 1. The second kappa shape index (κ2) is 4.85. The highest BCUT2D eigenvalue weighted by atomic mass is 16.2. The first-order valence-corrected chi connectivity index (χ1v) is 6.23. The minimum absolute atomic E-state index is 0.136. The lowest BCUT2D eigenvalue weighted by Gasteiger charge is -2.34. The van der Waals surface area contributed by atoms with Crippen molar-refractivity contribution in [1.29, 1.82) is 5.26 Å². The number of nitriles is 1. The summed E-state index contributed by atoms with van der Waals surface area (Å²) in [6.07, 6.45) is 0.771. The van der Waals surface area contributed by atoms with Crippen molar-refractivity contribution in [2.75, 3.05) is 0 Å². The maximum absolute atomic E-state index is 12.0. The fourth-order valence-corrected chi connectivity index (χ4v) is 2.31. The summed E-state index contributed by atoms with van der Waals surface area (Å²) in [5.74, 6) is -0.271. The van der Waals surface area contributed by atoms with Gasteiger partial charge >= 0.3 is 0 Å². The summed E-state index contributed by atoms with van der Waals surface area (Å²) >= 11 is 0. The minimum atomic E-state index is -0.251. The van der Waals surface area contributed by atoms with Crippen LogP contribution in [0.4, 0.5) is 0 Å². The summed E-state index contributed by atoms with van der Waals surface area (Å²) in [6.45, 7) is 4.11. The third-order valence-corrected chi connectivity index (χ3v) is 3.26. The van der Waals surface area contributed by atoms with E-state index in [2.05, 4.69) is 6.07 Å². The van der Waals surface area contributed by atoms with Gasteiger partial charge in [-0.15, -0.1) is 0 Å². The molecule has 0 atom stereocenters. The van der Waals surface area contributed by atoms with Crippen molar-refractivity contribution in [3.63, 3.8) is 0 Å². The molecule has 0 unspecified atom stereocenters. The van der Waals surface area contributed by atoms with Crippen LogP contribution >= 0.6 is 0 Å². The molecule has 1 fully saturated rings. The summed E-state index contributed by atoms with van der Waals surface area (Å²) in [6, 6.07) is 9.04. The van der Waals surface area contributed by atoms with Gasteiger partial charge < -0.3 is 0 Å². The molecular weight excluding hydrogens is 240 g/mol. The van der Waals surface area contributed by atoms with Gasteiger partial charge in [0.05, 0.1) is 18.2 Å². The molecule has 0 aliphatic carbocycles. The first-order chi connectivity index (χ1) is 8.91. The molecule has 0 bridgehead atoms. The normalized spacial score (nSPS) is 18.3. The van der Waals surface area contributed by atoms with E-state index in [4.69, 9.17) is 5.26 Å². The number of hydrogen-bond acceptors (Lipinski definition) is 3. The minimum Gasteiger partial charge on any atom is -0.278 e. The number of rotatable bonds is 2. The van der Waals surface area contributed by atoms with Gasteiger partial charge in [-0.3, -0.25) is 14.5 Å². The average Bonchev–Trinajstić information content (AvgIpc) is 2.33. The molecule has 0 aromatic heterocycles. The van der Waals surface area contributed by atoms with E-state index in [9.17, 15) is 9.59 Å². The Morgan fingerprint density at radius 1 is 1.26 bits per heavy atom. The molecule has 0 N–H and O–H groups in total. The summed E-state index contributed by atoms with van der Waals surface area (Å²) in [7, 11) is 0. The van der Waals surface area contributed by atoms with Gasteiger partial charge in [0, 0.05) is 12.8 Å². The predicted octanol–water partition coefficient (Wildman–Crippen LogP) is 2.23. The lowest BCUT2D eigenvalue weighted by atomic mass is 9.81. The van der Waals surface area contributed by atoms with Crippen LogP contribution in [0.25, 0.3) is 0 Å². The number of nitrogens with zero attached hydrogens (tertiary/aromatic N) is 2. The lowest BCUT2D eigenvalue weighted by molar-refractivity contribution is -0.153. The maximum Gasteiger partial charge on any atom is 0.230 e. The zero-order chi connectivity index (χ0) is 14.0. The van der Waals surface area contributed by atoms with E-state index in [1.807, 2.05) is 19.9 Å². The Balaban J connectivity index is 2.17. The van der Waals surface area contributed by atoms with Gasteiger partial charge in [0.1, 0.15) is 0 Å². The van der Waals surface area contributed by atoms with Crippen molar-refractivity contribution in [3.05, 3.63) is 35.4 Å². The predicted molar refractivity (Wildman–Crippen MR) is 69.7 cm³/mol. The fraction of sp³-hybridized carbons (Fsp3) is 0.400. The third kappa shape index (κ3) is 3.00. The Hall–Kier alpha value is -2.15. The van der Waals surface area contributed by atoms with Gasteiger partial charge in [0.25, 0.3) is 0 Å². The van der Waals surface area contributed by atoms with Crippen molar-refractivity contribution in [2.24, 2.45) is 5.41 Å². The highest BCUT2D eigenvalue weighted by Crippen LogP contribution is 2.32. The summed E-state index contributed by atoms with van der Waals surface area (Å²) < 4.78 is 0. The molecule has 0 radical (unpaired) electrons. The molecule has 1 aliphatic rings. The average molecular weight is 256 g/mol. The van der Waals surface area contributed by atoms with Crippen LogP contribution in [-0.2, 0) is 16.1 Å². The molecule has 19 heavy (non-hydrogen) atoms. The van der Waals surface area contributed by atoms with Gasteiger partial charge in [0.2, 0.25) is 11.8 Å². The van der Waals surface area contributed by atoms with E-state index in [0.717, 1.165) is 5.56 Å². The maximum atomic E-state index is 12.0. The van der Waals surface area contributed by atoms with Crippen LogP contribution in [0, 0.1) is 16.7 Å². The zero-order valence-electron chi connectivity index (χ0n) is 11.1. The highest BCUT2D eigenvalue weighted by Gasteiger charge is 2.37. The topological polar surface area (TPSA) is 61.2 Å². The molecule has 1 aliphatic heterocycles. The first kappa shape index (κ1) is 13.3. The lowest BCUT2D eigenvalue weighted by Crippen LogP contribution is -2.45. The smallest absolute Gasteiger partial charge is 0.230 e. The molecule has 1 heterocycles. The highest BCUT2D eigenvalue weighted by molar-refractivity contribution is 5.98. The monoisotopic (exact) mass is 256 g/mol. The number of piperidine rings is 1. The quantitative estimate of drug-likeness (QED) is 0.762. The van der Waals surface area contributed by atoms with Gasteiger partial charge in [0.15, 0.2) is 0 Å². The largest absolute Gasteiger partial charge is 0.278 e.